The predicted molar refractivity (Wildman–Crippen MR) is 69.6 cm³/mol. The molecule has 0 aromatic heterocycles. The molecule has 16 heavy (non-hydrogen) atoms. The van der Waals surface area contributed by atoms with Gasteiger partial charge < -0.3 is 9.47 Å². The molecule has 0 fully saturated rings. The molecule has 0 bridgehead atoms. The number of rotatable bonds is 11. The molecule has 0 saturated carbocycles. The molecule has 0 amide bonds. The molecule has 0 aliphatic rings. The van der Waals surface area contributed by atoms with Crippen LogP contribution in [0.1, 0.15) is 58.3 Å². The Morgan fingerprint density at radius 3 is 2.12 bits per heavy atom. The molecule has 0 unspecified atom stereocenters. The van der Waals surface area contributed by atoms with Gasteiger partial charge in [0.25, 0.3) is 0 Å². The summed E-state index contributed by atoms with van der Waals surface area (Å²) < 4.78 is 10.3. The normalized spacial score (nSPS) is 11.8. The van der Waals surface area contributed by atoms with Crippen LogP contribution in [0, 0.1) is 0 Å². The first-order chi connectivity index (χ1) is 7.85. The van der Waals surface area contributed by atoms with Gasteiger partial charge in [-0.25, -0.2) is 0 Å². The molecule has 0 spiro atoms. The van der Waals surface area contributed by atoms with Gasteiger partial charge in [0.2, 0.25) is 0 Å². The molecule has 0 radical (unpaired) electrons. The van der Waals surface area contributed by atoms with Gasteiger partial charge in [0.15, 0.2) is 6.29 Å². The number of ether oxygens (including phenoxy) is 2. The fourth-order valence-corrected chi connectivity index (χ4v) is 1.72. The van der Waals surface area contributed by atoms with Gasteiger partial charge in [-0.15, -0.1) is 0 Å². The number of unbranched alkanes of at least 4 members (excludes halogenated alkanes) is 5. The maximum atomic E-state index is 5.14. The van der Waals surface area contributed by atoms with E-state index >= 15 is 0 Å². The van der Waals surface area contributed by atoms with E-state index < -0.39 is 0 Å². The van der Waals surface area contributed by atoms with Gasteiger partial charge in [0.05, 0.1) is 0 Å². The number of allylic oxidation sites excluding steroid dienone is 2. The van der Waals surface area contributed by atoms with Crippen molar-refractivity contribution in [3.8, 4) is 0 Å². The summed E-state index contributed by atoms with van der Waals surface area (Å²) >= 11 is 0. The van der Waals surface area contributed by atoms with Crippen LogP contribution in [0.4, 0.5) is 0 Å². The van der Waals surface area contributed by atoms with E-state index in [1.54, 1.807) is 14.2 Å². The van der Waals surface area contributed by atoms with Crippen molar-refractivity contribution in [2.45, 2.75) is 64.6 Å². The number of hydrogen-bond donors (Lipinski definition) is 0. The molecule has 0 aliphatic carbocycles. The quantitative estimate of drug-likeness (QED) is 0.298. The lowest BCUT2D eigenvalue weighted by Gasteiger charge is -2.12. The minimum atomic E-state index is -0.00696. The molecule has 0 aromatic rings. The number of methoxy groups -OCH3 is 2. The van der Waals surface area contributed by atoms with Crippen LogP contribution < -0.4 is 0 Å². The van der Waals surface area contributed by atoms with Gasteiger partial charge in [-0.2, -0.15) is 0 Å². The van der Waals surface area contributed by atoms with Crippen LogP contribution in [0.25, 0.3) is 0 Å². The first kappa shape index (κ1) is 15.7. The largest absolute Gasteiger partial charge is 0.356 e. The third-order valence-electron chi connectivity index (χ3n) is 2.74. The van der Waals surface area contributed by atoms with E-state index in [0.29, 0.717) is 0 Å². The zero-order chi connectivity index (χ0) is 12.1. The van der Waals surface area contributed by atoms with Crippen molar-refractivity contribution in [2.24, 2.45) is 0 Å². The Balaban J connectivity index is 3.12. The van der Waals surface area contributed by atoms with Crippen molar-refractivity contribution in [3.63, 3.8) is 0 Å². The van der Waals surface area contributed by atoms with Crippen molar-refractivity contribution in [3.05, 3.63) is 12.2 Å². The highest BCUT2D eigenvalue weighted by Crippen LogP contribution is 2.10. The summed E-state index contributed by atoms with van der Waals surface area (Å²) in [6.07, 6.45) is 14.5. The van der Waals surface area contributed by atoms with E-state index in [1.807, 2.05) is 0 Å². The van der Waals surface area contributed by atoms with Crippen molar-refractivity contribution >= 4 is 0 Å². The second-order valence-corrected chi connectivity index (χ2v) is 4.13. The molecule has 2 heteroatoms. The fraction of sp³-hybridized carbons (Fsp3) is 0.857. The Morgan fingerprint density at radius 1 is 0.875 bits per heavy atom. The van der Waals surface area contributed by atoms with Gasteiger partial charge in [-0.1, -0.05) is 38.3 Å². The Hall–Kier alpha value is -0.340. The summed E-state index contributed by atoms with van der Waals surface area (Å²) in [6, 6.07) is 0. The highest BCUT2D eigenvalue weighted by Gasteiger charge is 2.03. The summed E-state index contributed by atoms with van der Waals surface area (Å²) in [5.74, 6) is 0. The maximum absolute atomic E-state index is 5.14. The van der Waals surface area contributed by atoms with Crippen LogP contribution in [-0.4, -0.2) is 20.5 Å². The third-order valence-corrected chi connectivity index (χ3v) is 2.74. The Morgan fingerprint density at radius 2 is 1.50 bits per heavy atom. The Labute approximate surface area is 101 Å². The fourth-order valence-electron chi connectivity index (χ4n) is 1.72. The maximum Gasteiger partial charge on any atom is 0.156 e. The van der Waals surface area contributed by atoms with Gasteiger partial charge in [-0.3, -0.25) is 0 Å². The second-order valence-electron chi connectivity index (χ2n) is 4.13. The minimum Gasteiger partial charge on any atom is -0.356 e. The predicted octanol–water partition coefficient (Wildman–Crippen LogP) is 4.30. The molecule has 0 rings (SSSR count). The number of hydrogen-bond acceptors (Lipinski definition) is 2. The molecule has 2 nitrogen and oxygen atoms in total. The molecule has 0 N–H and O–H groups in total. The summed E-state index contributed by atoms with van der Waals surface area (Å²) in [5.41, 5.74) is 0. The zero-order valence-corrected chi connectivity index (χ0v) is 11.2. The van der Waals surface area contributed by atoms with Crippen LogP contribution in [0.15, 0.2) is 12.2 Å². The molecular formula is C14H28O2. The van der Waals surface area contributed by atoms with Crippen molar-refractivity contribution in [2.75, 3.05) is 14.2 Å². The Kier molecular flexibility index (Phi) is 12.5. The van der Waals surface area contributed by atoms with E-state index in [1.165, 1.54) is 38.5 Å². The van der Waals surface area contributed by atoms with Crippen molar-refractivity contribution in [1.29, 1.82) is 0 Å². The highest BCUT2D eigenvalue weighted by molar-refractivity contribution is 4.79. The average molecular weight is 228 g/mol. The van der Waals surface area contributed by atoms with Crippen molar-refractivity contribution in [1.82, 2.24) is 0 Å². The van der Waals surface area contributed by atoms with Gasteiger partial charge in [0, 0.05) is 14.2 Å². The highest BCUT2D eigenvalue weighted by atomic mass is 16.7. The molecular weight excluding hydrogens is 200 g/mol. The van der Waals surface area contributed by atoms with Gasteiger partial charge in [-0.05, 0) is 32.1 Å². The van der Waals surface area contributed by atoms with Crippen LogP contribution >= 0.6 is 0 Å². The summed E-state index contributed by atoms with van der Waals surface area (Å²) in [5, 5.41) is 0. The minimum absolute atomic E-state index is 0.00696. The van der Waals surface area contributed by atoms with E-state index in [9.17, 15) is 0 Å². The van der Waals surface area contributed by atoms with E-state index in [4.69, 9.17) is 9.47 Å². The first-order valence-electron chi connectivity index (χ1n) is 6.55. The van der Waals surface area contributed by atoms with E-state index in [-0.39, 0.29) is 6.29 Å². The lowest BCUT2D eigenvalue weighted by molar-refractivity contribution is -0.107. The molecule has 0 heterocycles. The van der Waals surface area contributed by atoms with Gasteiger partial charge in [0.1, 0.15) is 0 Å². The standard InChI is InChI=1S/C14H28O2/c1-4-5-6-7-8-9-10-11-12-13-14(15-2)16-3/h5-6,14H,4,7-13H2,1-3H3/b6-5+. The molecule has 0 aliphatic heterocycles. The third kappa shape index (κ3) is 10.2. The molecule has 0 atom stereocenters. The summed E-state index contributed by atoms with van der Waals surface area (Å²) in [4.78, 5) is 0. The van der Waals surface area contributed by atoms with Crippen LogP contribution in [0.3, 0.4) is 0 Å². The molecule has 0 saturated heterocycles. The van der Waals surface area contributed by atoms with Crippen molar-refractivity contribution < 1.29 is 9.47 Å². The average Bonchev–Trinajstić information content (AvgIpc) is 2.32. The zero-order valence-electron chi connectivity index (χ0n) is 11.2. The Bertz CT molecular complexity index is 151. The topological polar surface area (TPSA) is 18.5 Å². The van der Waals surface area contributed by atoms with Crippen LogP contribution in [0.2, 0.25) is 0 Å². The van der Waals surface area contributed by atoms with Crippen LogP contribution in [-0.2, 0) is 9.47 Å². The monoisotopic (exact) mass is 228 g/mol. The molecule has 0 aromatic carbocycles. The lowest BCUT2D eigenvalue weighted by atomic mass is 10.1. The van der Waals surface area contributed by atoms with Gasteiger partial charge >= 0.3 is 0 Å². The first-order valence-corrected chi connectivity index (χ1v) is 6.55. The molecule has 96 valence electrons. The SMILES string of the molecule is CC/C=C/CCCCCCCC(OC)OC. The summed E-state index contributed by atoms with van der Waals surface area (Å²) in [7, 11) is 3.41. The smallest absolute Gasteiger partial charge is 0.156 e. The lowest BCUT2D eigenvalue weighted by Crippen LogP contribution is -2.12. The summed E-state index contributed by atoms with van der Waals surface area (Å²) in [6.45, 7) is 2.18. The van der Waals surface area contributed by atoms with E-state index in [0.717, 1.165) is 12.8 Å². The van der Waals surface area contributed by atoms with Crippen LogP contribution in [0.5, 0.6) is 0 Å². The second kappa shape index (κ2) is 12.7. The van der Waals surface area contributed by atoms with E-state index in [2.05, 4.69) is 19.1 Å².